The number of carboxylic acids is 1. The summed E-state index contributed by atoms with van der Waals surface area (Å²) in [6.07, 6.45) is 2.80. The van der Waals surface area contributed by atoms with Crippen molar-refractivity contribution in [2.45, 2.75) is 58.3 Å². The summed E-state index contributed by atoms with van der Waals surface area (Å²) in [7, 11) is 0. The predicted molar refractivity (Wildman–Crippen MR) is 59.8 cm³/mol. The van der Waals surface area contributed by atoms with Gasteiger partial charge >= 0.3 is 5.97 Å². The molecule has 1 N–H and O–H groups in total. The van der Waals surface area contributed by atoms with Crippen molar-refractivity contribution >= 4 is 17.6 Å². The minimum Gasteiger partial charge on any atom is -0.481 e. The summed E-state index contributed by atoms with van der Waals surface area (Å²) in [4.78, 5) is 10.1. The zero-order chi connectivity index (χ0) is 11.4. The first-order valence-electron chi connectivity index (χ1n) is 5.03. The van der Waals surface area contributed by atoms with Gasteiger partial charge in [0.25, 0.3) is 0 Å². The summed E-state index contributed by atoms with van der Waals surface area (Å²) in [5.74, 6) is -0.717. The van der Waals surface area contributed by atoms with Crippen molar-refractivity contribution in [2.75, 3.05) is 0 Å². The number of carbonyl (C=O) groups is 1. The van der Waals surface area contributed by atoms with Crippen LogP contribution in [0.1, 0.15) is 53.4 Å². The van der Waals surface area contributed by atoms with Gasteiger partial charge < -0.3 is 5.11 Å². The molecule has 14 heavy (non-hydrogen) atoms. The standard InChI is InChI=1S/C11H21ClO2/c1-10(2,8-11(3,4)12)7-5-6-9(13)14/h5-8H2,1-4H3,(H,13,14). The van der Waals surface area contributed by atoms with E-state index in [2.05, 4.69) is 13.8 Å². The maximum Gasteiger partial charge on any atom is 0.303 e. The van der Waals surface area contributed by atoms with E-state index in [0.29, 0.717) is 0 Å². The third-order valence-electron chi connectivity index (χ3n) is 2.14. The zero-order valence-electron chi connectivity index (χ0n) is 9.56. The van der Waals surface area contributed by atoms with Crippen molar-refractivity contribution in [3.63, 3.8) is 0 Å². The van der Waals surface area contributed by atoms with E-state index in [1.165, 1.54) is 0 Å². The minimum absolute atomic E-state index is 0.126. The Morgan fingerprint density at radius 1 is 1.29 bits per heavy atom. The third kappa shape index (κ3) is 8.36. The molecule has 0 fully saturated rings. The fourth-order valence-corrected chi connectivity index (χ4v) is 2.31. The summed E-state index contributed by atoms with van der Waals surface area (Å²) in [5, 5.41) is 8.52. The van der Waals surface area contributed by atoms with Crippen LogP contribution in [0.3, 0.4) is 0 Å². The first-order valence-corrected chi connectivity index (χ1v) is 5.41. The van der Waals surface area contributed by atoms with Crippen LogP contribution in [-0.2, 0) is 4.79 Å². The molecule has 0 saturated carbocycles. The Labute approximate surface area is 91.6 Å². The van der Waals surface area contributed by atoms with Gasteiger partial charge in [-0.1, -0.05) is 13.8 Å². The Balaban J connectivity index is 3.89. The topological polar surface area (TPSA) is 37.3 Å². The molecular formula is C11H21ClO2. The van der Waals surface area contributed by atoms with Crippen LogP contribution in [-0.4, -0.2) is 16.0 Å². The third-order valence-corrected chi connectivity index (χ3v) is 2.28. The maximum atomic E-state index is 10.3. The summed E-state index contributed by atoms with van der Waals surface area (Å²) in [5.41, 5.74) is 0.126. The molecule has 0 saturated heterocycles. The molecule has 0 atom stereocenters. The van der Waals surface area contributed by atoms with Crippen LogP contribution >= 0.6 is 11.6 Å². The normalized spacial score (nSPS) is 12.9. The van der Waals surface area contributed by atoms with Crippen LogP contribution in [0.25, 0.3) is 0 Å². The van der Waals surface area contributed by atoms with Crippen molar-refractivity contribution in [2.24, 2.45) is 5.41 Å². The average Bonchev–Trinajstić information content (AvgIpc) is 1.78. The lowest BCUT2D eigenvalue weighted by Gasteiger charge is -2.30. The molecule has 0 radical (unpaired) electrons. The number of hydrogen-bond acceptors (Lipinski definition) is 1. The van der Waals surface area contributed by atoms with Crippen molar-refractivity contribution in [1.29, 1.82) is 0 Å². The van der Waals surface area contributed by atoms with Crippen molar-refractivity contribution in [3.8, 4) is 0 Å². The van der Waals surface area contributed by atoms with E-state index < -0.39 is 5.97 Å². The highest BCUT2D eigenvalue weighted by Gasteiger charge is 2.26. The number of alkyl halides is 1. The van der Waals surface area contributed by atoms with Crippen molar-refractivity contribution < 1.29 is 9.90 Å². The molecule has 0 aliphatic rings. The van der Waals surface area contributed by atoms with Gasteiger partial charge in [0.2, 0.25) is 0 Å². The summed E-state index contributed by atoms with van der Waals surface area (Å²) < 4.78 is 0. The summed E-state index contributed by atoms with van der Waals surface area (Å²) >= 11 is 6.14. The number of halogens is 1. The number of aliphatic carboxylic acids is 1. The lowest BCUT2D eigenvalue weighted by atomic mass is 9.79. The maximum absolute atomic E-state index is 10.3. The highest BCUT2D eigenvalue weighted by atomic mass is 35.5. The van der Waals surface area contributed by atoms with Gasteiger partial charge in [-0.25, -0.2) is 0 Å². The van der Waals surface area contributed by atoms with Crippen LogP contribution < -0.4 is 0 Å². The first-order chi connectivity index (χ1) is 6.12. The van der Waals surface area contributed by atoms with Crippen molar-refractivity contribution in [3.05, 3.63) is 0 Å². The number of carboxylic acid groups (broad SMARTS) is 1. The quantitative estimate of drug-likeness (QED) is 0.694. The van der Waals surface area contributed by atoms with E-state index in [-0.39, 0.29) is 16.7 Å². The second-order valence-electron chi connectivity index (χ2n) is 5.31. The molecule has 0 aliphatic heterocycles. The van der Waals surface area contributed by atoms with Gasteiger partial charge in [0.1, 0.15) is 0 Å². The highest BCUT2D eigenvalue weighted by molar-refractivity contribution is 6.23. The SMILES string of the molecule is CC(C)(Cl)CC(C)(C)CCCC(=O)O. The molecule has 0 unspecified atom stereocenters. The largest absolute Gasteiger partial charge is 0.481 e. The molecule has 0 heterocycles. The second-order valence-corrected chi connectivity index (χ2v) is 6.33. The van der Waals surface area contributed by atoms with Gasteiger partial charge in [-0.05, 0) is 38.5 Å². The Hall–Kier alpha value is -0.240. The minimum atomic E-state index is -0.717. The summed E-state index contributed by atoms with van der Waals surface area (Å²) in [6.45, 7) is 8.26. The van der Waals surface area contributed by atoms with E-state index in [1.807, 2.05) is 13.8 Å². The molecule has 0 aromatic heterocycles. The van der Waals surface area contributed by atoms with Crippen LogP contribution in [0, 0.1) is 5.41 Å². The lowest BCUT2D eigenvalue weighted by molar-refractivity contribution is -0.137. The van der Waals surface area contributed by atoms with E-state index in [4.69, 9.17) is 16.7 Å². The Morgan fingerprint density at radius 2 is 1.79 bits per heavy atom. The zero-order valence-corrected chi connectivity index (χ0v) is 10.3. The van der Waals surface area contributed by atoms with Crippen LogP contribution in [0.15, 0.2) is 0 Å². The lowest BCUT2D eigenvalue weighted by Crippen LogP contribution is -2.23. The first kappa shape index (κ1) is 13.8. The van der Waals surface area contributed by atoms with E-state index in [9.17, 15) is 4.79 Å². The smallest absolute Gasteiger partial charge is 0.303 e. The van der Waals surface area contributed by atoms with Gasteiger partial charge in [-0.3, -0.25) is 4.79 Å². The summed E-state index contributed by atoms with van der Waals surface area (Å²) in [6, 6.07) is 0. The van der Waals surface area contributed by atoms with Crippen molar-refractivity contribution in [1.82, 2.24) is 0 Å². The highest BCUT2D eigenvalue weighted by Crippen LogP contribution is 2.35. The van der Waals surface area contributed by atoms with Gasteiger partial charge in [0.15, 0.2) is 0 Å². The second kappa shape index (κ2) is 5.01. The van der Waals surface area contributed by atoms with Gasteiger partial charge in [-0.2, -0.15) is 0 Å². The molecule has 0 aliphatic carbocycles. The van der Waals surface area contributed by atoms with Crippen LogP contribution in [0.2, 0.25) is 0 Å². The Kier molecular flexibility index (Phi) is 4.93. The number of hydrogen-bond donors (Lipinski definition) is 1. The van der Waals surface area contributed by atoms with E-state index in [0.717, 1.165) is 19.3 Å². The molecule has 2 nitrogen and oxygen atoms in total. The molecule has 3 heteroatoms. The Morgan fingerprint density at radius 3 is 2.14 bits per heavy atom. The van der Waals surface area contributed by atoms with Gasteiger partial charge in [-0.15, -0.1) is 11.6 Å². The fourth-order valence-electron chi connectivity index (χ4n) is 1.94. The molecule has 0 amide bonds. The molecule has 0 rings (SSSR count). The molecular weight excluding hydrogens is 200 g/mol. The molecule has 84 valence electrons. The predicted octanol–water partition coefficient (Wildman–Crippen LogP) is 3.68. The fraction of sp³-hybridized carbons (Fsp3) is 0.909. The number of rotatable bonds is 6. The van der Waals surface area contributed by atoms with E-state index in [1.54, 1.807) is 0 Å². The van der Waals surface area contributed by atoms with Gasteiger partial charge in [0, 0.05) is 11.3 Å². The monoisotopic (exact) mass is 220 g/mol. The van der Waals surface area contributed by atoms with Crippen LogP contribution in [0.4, 0.5) is 0 Å². The molecule has 0 spiro atoms. The Bertz CT molecular complexity index is 192. The van der Waals surface area contributed by atoms with E-state index >= 15 is 0 Å². The average molecular weight is 221 g/mol. The molecule has 0 aromatic carbocycles. The molecule has 0 bridgehead atoms. The van der Waals surface area contributed by atoms with Crippen LogP contribution in [0.5, 0.6) is 0 Å². The van der Waals surface area contributed by atoms with Gasteiger partial charge in [0.05, 0.1) is 0 Å². The molecule has 0 aromatic rings.